The largest absolute Gasteiger partial charge is 0.358 e. The number of carbonyl (C=O) groups is 2. The lowest BCUT2D eigenvalue weighted by molar-refractivity contribution is -0.114. The monoisotopic (exact) mass is 428 g/mol. The van der Waals surface area contributed by atoms with Crippen LogP contribution < -0.4 is 15.4 Å². The molecule has 2 amide bonds. The number of amides is 2. The molecule has 0 saturated carbocycles. The van der Waals surface area contributed by atoms with Gasteiger partial charge in [0.05, 0.1) is 17.5 Å². The van der Waals surface area contributed by atoms with Gasteiger partial charge < -0.3 is 15.6 Å². The van der Waals surface area contributed by atoms with Gasteiger partial charge in [-0.1, -0.05) is 6.07 Å². The van der Waals surface area contributed by atoms with Gasteiger partial charge in [-0.3, -0.25) is 14.3 Å². The molecule has 3 rings (SSSR count). The van der Waals surface area contributed by atoms with E-state index in [4.69, 9.17) is 0 Å². The van der Waals surface area contributed by atoms with Crippen LogP contribution in [-0.4, -0.2) is 31.5 Å². The maximum absolute atomic E-state index is 12.8. The molecule has 9 heteroatoms. The minimum Gasteiger partial charge on any atom is -0.358 e. The van der Waals surface area contributed by atoms with Crippen LogP contribution in [-0.2, 0) is 21.4 Å². The van der Waals surface area contributed by atoms with E-state index in [1.54, 1.807) is 0 Å². The zero-order valence-corrected chi connectivity index (χ0v) is 18.0. The number of aromatic nitrogens is 1. The third kappa shape index (κ3) is 4.98. The molecule has 0 unspecified atom stereocenters. The maximum Gasteiger partial charge on any atom is 0.253 e. The average molecular weight is 429 g/mol. The SMILES string of the molecule is CC(=O)Nc1ccc(NS(C)(=O)=O)c(C(=O)NCc2ccc3[nH]c(C)c(C)c3c2)c1. The molecule has 8 nitrogen and oxygen atoms in total. The number of sulfonamides is 1. The highest BCUT2D eigenvalue weighted by Crippen LogP contribution is 2.24. The van der Waals surface area contributed by atoms with Gasteiger partial charge in [-0.15, -0.1) is 0 Å². The highest BCUT2D eigenvalue weighted by molar-refractivity contribution is 7.92. The quantitative estimate of drug-likeness (QED) is 0.482. The van der Waals surface area contributed by atoms with E-state index in [2.05, 4.69) is 20.3 Å². The molecule has 0 aliphatic carbocycles. The number of aryl methyl sites for hydroxylation is 2. The summed E-state index contributed by atoms with van der Waals surface area (Å²) in [5.74, 6) is -0.758. The summed E-state index contributed by atoms with van der Waals surface area (Å²) >= 11 is 0. The number of benzene rings is 2. The van der Waals surface area contributed by atoms with E-state index in [9.17, 15) is 18.0 Å². The van der Waals surface area contributed by atoms with E-state index in [1.807, 2.05) is 32.0 Å². The van der Waals surface area contributed by atoms with Crippen molar-refractivity contribution in [2.75, 3.05) is 16.3 Å². The van der Waals surface area contributed by atoms with Crippen molar-refractivity contribution in [3.05, 3.63) is 58.8 Å². The standard InChI is InChI=1S/C21H24N4O4S/c1-12-13(2)23-19-7-5-15(9-17(12)19)11-22-21(27)18-10-16(24-14(3)26)6-8-20(18)25-30(4,28)29/h5-10,23,25H,11H2,1-4H3,(H,22,27)(H,24,26). The molecule has 30 heavy (non-hydrogen) atoms. The molecule has 0 atom stereocenters. The third-order valence-electron chi connectivity index (χ3n) is 4.71. The van der Waals surface area contributed by atoms with Gasteiger partial charge in [0.1, 0.15) is 0 Å². The summed E-state index contributed by atoms with van der Waals surface area (Å²) in [4.78, 5) is 27.5. The molecule has 0 bridgehead atoms. The summed E-state index contributed by atoms with van der Waals surface area (Å²) in [5, 5.41) is 6.50. The molecule has 158 valence electrons. The van der Waals surface area contributed by atoms with E-state index >= 15 is 0 Å². The third-order valence-corrected chi connectivity index (χ3v) is 5.30. The van der Waals surface area contributed by atoms with E-state index in [-0.39, 0.29) is 23.7 Å². The number of carbonyl (C=O) groups excluding carboxylic acids is 2. The molecule has 0 radical (unpaired) electrons. The summed E-state index contributed by atoms with van der Waals surface area (Å²) in [6.07, 6.45) is 1.01. The lowest BCUT2D eigenvalue weighted by atomic mass is 10.1. The van der Waals surface area contributed by atoms with Crippen LogP contribution in [0.3, 0.4) is 0 Å². The van der Waals surface area contributed by atoms with Crippen LogP contribution in [0, 0.1) is 13.8 Å². The fourth-order valence-electron chi connectivity index (χ4n) is 3.20. The summed E-state index contributed by atoms with van der Waals surface area (Å²) < 4.78 is 25.7. The summed E-state index contributed by atoms with van der Waals surface area (Å²) in [5.41, 5.74) is 4.83. The Morgan fingerprint density at radius 2 is 1.80 bits per heavy atom. The minimum atomic E-state index is -3.58. The molecule has 1 aromatic heterocycles. The summed E-state index contributed by atoms with van der Waals surface area (Å²) in [6.45, 7) is 5.66. The van der Waals surface area contributed by atoms with Gasteiger partial charge in [-0.2, -0.15) is 0 Å². The molecule has 1 heterocycles. The molecule has 0 saturated heterocycles. The summed E-state index contributed by atoms with van der Waals surface area (Å²) in [7, 11) is -3.58. The van der Waals surface area contributed by atoms with Crippen LogP contribution in [0.25, 0.3) is 10.9 Å². The van der Waals surface area contributed by atoms with Gasteiger partial charge >= 0.3 is 0 Å². The van der Waals surface area contributed by atoms with Crippen molar-refractivity contribution in [3.8, 4) is 0 Å². The van der Waals surface area contributed by atoms with Crippen molar-refractivity contribution in [1.29, 1.82) is 0 Å². The van der Waals surface area contributed by atoms with Gasteiger partial charge in [0.25, 0.3) is 5.91 Å². The van der Waals surface area contributed by atoms with E-state index < -0.39 is 15.9 Å². The molecule has 0 aliphatic heterocycles. The normalized spacial score (nSPS) is 11.3. The van der Waals surface area contributed by atoms with Crippen LogP contribution in [0.1, 0.15) is 34.1 Å². The van der Waals surface area contributed by atoms with E-state index in [0.717, 1.165) is 34.0 Å². The Morgan fingerprint density at radius 3 is 2.47 bits per heavy atom. The van der Waals surface area contributed by atoms with Crippen LogP contribution >= 0.6 is 0 Å². The summed E-state index contributed by atoms with van der Waals surface area (Å²) in [6, 6.07) is 10.3. The Hall–Kier alpha value is -3.33. The Kier molecular flexibility index (Phi) is 5.84. The van der Waals surface area contributed by atoms with Crippen molar-refractivity contribution in [3.63, 3.8) is 0 Å². The van der Waals surface area contributed by atoms with Gasteiger partial charge in [0, 0.05) is 35.8 Å². The first-order valence-corrected chi connectivity index (χ1v) is 11.2. The lowest BCUT2D eigenvalue weighted by Crippen LogP contribution is -2.25. The van der Waals surface area contributed by atoms with Crippen molar-refractivity contribution < 1.29 is 18.0 Å². The molecule has 0 fully saturated rings. The fourth-order valence-corrected chi connectivity index (χ4v) is 3.78. The van der Waals surface area contributed by atoms with Gasteiger partial charge in [-0.05, 0) is 55.3 Å². The minimum absolute atomic E-state index is 0.112. The second kappa shape index (κ2) is 8.19. The Morgan fingerprint density at radius 1 is 1.07 bits per heavy atom. The number of aromatic amines is 1. The van der Waals surface area contributed by atoms with Crippen molar-refractivity contribution in [2.45, 2.75) is 27.3 Å². The topological polar surface area (TPSA) is 120 Å². The van der Waals surface area contributed by atoms with Crippen molar-refractivity contribution >= 4 is 44.1 Å². The number of nitrogens with one attached hydrogen (secondary N) is 4. The van der Waals surface area contributed by atoms with Crippen molar-refractivity contribution in [1.82, 2.24) is 10.3 Å². The molecular formula is C21H24N4O4S. The Balaban J connectivity index is 1.85. The van der Waals surface area contributed by atoms with Gasteiger partial charge in [-0.25, -0.2) is 8.42 Å². The number of fused-ring (bicyclic) bond motifs is 1. The Bertz CT molecular complexity index is 1250. The first-order valence-electron chi connectivity index (χ1n) is 9.29. The zero-order chi connectivity index (χ0) is 22.1. The molecular weight excluding hydrogens is 404 g/mol. The first-order chi connectivity index (χ1) is 14.0. The van der Waals surface area contributed by atoms with E-state index in [0.29, 0.717) is 5.69 Å². The zero-order valence-electron chi connectivity index (χ0n) is 17.2. The van der Waals surface area contributed by atoms with E-state index in [1.165, 1.54) is 25.1 Å². The predicted molar refractivity (Wildman–Crippen MR) is 118 cm³/mol. The number of hydrogen-bond donors (Lipinski definition) is 4. The highest BCUT2D eigenvalue weighted by atomic mass is 32.2. The number of hydrogen-bond acceptors (Lipinski definition) is 4. The second-order valence-electron chi connectivity index (χ2n) is 7.25. The smallest absolute Gasteiger partial charge is 0.253 e. The lowest BCUT2D eigenvalue weighted by Gasteiger charge is -2.13. The van der Waals surface area contributed by atoms with Gasteiger partial charge in [0.2, 0.25) is 15.9 Å². The van der Waals surface area contributed by atoms with Crippen LogP contribution in [0.15, 0.2) is 36.4 Å². The molecule has 0 spiro atoms. The Labute approximate surface area is 175 Å². The fraction of sp³-hybridized carbons (Fsp3) is 0.238. The number of anilines is 2. The molecule has 0 aliphatic rings. The molecule has 2 aromatic carbocycles. The number of rotatable bonds is 6. The van der Waals surface area contributed by atoms with Crippen LogP contribution in [0.2, 0.25) is 0 Å². The average Bonchev–Trinajstić information content (AvgIpc) is 2.93. The molecule has 4 N–H and O–H groups in total. The number of H-pyrrole nitrogens is 1. The maximum atomic E-state index is 12.8. The predicted octanol–water partition coefficient (Wildman–Crippen LogP) is 3.04. The van der Waals surface area contributed by atoms with Crippen LogP contribution in [0.4, 0.5) is 11.4 Å². The first kappa shape index (κ1) is 21.4. The van der Waals surface area contributed by atoms with Crippen LogP contribution in [0.5, 0.6) is 0 Å². The highest BCUT2D eigenvalue weighted by Gasteiger charge is 2.16. The second-order valence-corrected chi connectivity index (χ2v) is 9.00. The molecule has 3 aromatic rings. The van der Waals surface area contributed by atoms with Crippen molar-refractivity contribution in [2.24, 2.45) is 0 Å². The van der Waals surface area contributed by atoms with Gasteiger partial charge in [0.15, 0.2) is 0 Å².